The Morgan fingerprint density at radius 2 is 1.97 bits per heavy atom. The molecule has 2 heterocycles. The zero-order valence-electron chi connectivity index (χ0n) is 15.9. The summed E-state index contributed by atoms with van der Waals surface area (Å²) >= 11 is 7.24. The zero-order chi connectivity index (χ0) is 21.8. The second-order valence-corrected chi connectivity index (χ2v) is 7.93. The third kappa shape index (κ3) is 4.80. The van der Waals surface area contributed by atoms with E-state index in [0.29, 0.717) is 27.0 Å². The van der Waals surface area contributed by atoms with Crippen molar-refractivity contribution < 1.29 is 18.3 Å². The van der Waals surface area contributed by atoms with Crippen molar-refractivity contribution in [3.63, 3.8) is 0 Å². The second kappa shape index (κ2) is 9.35. The van der Waals surface area contributed by atoms with E-state index in [-0.39, 0.29) is 12.4 Å². The van der Waals surface area contributed by atoms with Crippen molar-refractivity contribution in [1.82, 2.24) is 9.97 Å². The van der Waals surface area contributed by atoms with Gasteiger partial charge in [-0.25, -0.2) is 18.7 Å². The van der Waals surface area contributed by atoms with Gasteiger partial charge in [0.05, 0.1) is 18.2 Å². The zero-order valence-corrected chi connectivity index (χ0v) is 17.5. The summed E-state index contributed by atoms with van der Waals surface area (Å²) < 4.78 is 39.8. The van der Waals surface area contributed by atoms with Crippen LogP contribution in [0.3, 0.4) is 0 Å². The number of pyridine rings is 1. The number of nitrogens with zero attached hydrogens (tertiary/aromatic N) is 3. The van der Waals surface area contributed by atoms with Gasteiger partial charge in [0.25, 0.3) is 0 Å². The molecule has 0 aliphatic heterocycles. The molecule has 0 saturated heterocycles. The highest BCUT2D eigenvalue weighted by molar-refractivity contribution is 7.18. The number of fused-ring (bicyclic) bond motifs is 1. The lowest BCUT2D eigenvalue weighted by Gasteiger charge is -2.18. The highest BCUT2D eigenvalue weighted by Crippen LogP contribution is 2.32. The van der Waals surface area contributed by atoms with E-state index in [2.05, 4.69) is 9.97 Å². The van der Waals surface area contributed by atoms with Crippen LogP contribution in [0, 0.1) is 23.0 Å². The summed E-state index contributed by atoms with van der Waals surface area (Å²) in [6, 6.07) is 14.8. The summed E-state index contributed by atoms with van der Waals surface area (Å²) in [6.07, 6.45) is 0.695. The predicted molar refractivity (Wildman–Crippen MR) is 113 cm³/mol. The van der Waals surface area contributed by atoms with Crippen molar-refractivity contribution in [2.45, 2.75) is 12.7 Å². The van der Waals surface area contributed by atoms with Crippen LogP contribution in [0.4, 0.5) is 8.78 Å². The Hall–Kier alpha value is -3.12. The van der Waals surface area contributed by atoms with Gasteiger partial charge in [0.1, 0.15) is 32.8 Å². The number of rotatable bonds is 7. The molecule has 0 spiro atoms. The second-order valence-electron chi connectivity index (χ2n) is 6.48. The van der Waals surface area contributed by atoms with E-state index in [1.54, 1.807) is 6.07 Å². The van der Waals surface area contributed by atoms with Crippen LogP contribution in [-0.4, -0.2) is 16.6 Å². The summed E-state index contributed by atoms with van der Waals surface area (Å²) in [6.45, 7) is 0.353. The van der Waals surface area contributed by atoms with Crippen molar-refractivity contribution in [3.05, 3.63) is 87.5 Å². The molecule has 4 rings (SSSR count). The van der Waals surface area contributed by atoms with E-state index in [1.165, 1.54) is 23.6 Å². The maximum atomic E-state index is 14.6. The number of halogens is 3. The van der Waals surface area contributed by atoms with Gasteiger partial charge >= 0.3 is 0 Å². The highest BCUT2D eigenvalue weighted by Gasteiger charge is 2.23. The fraction of sp³-hybridized carbons (Fsp3) is 0.136. The first-order valence-corrected chi connectivity index (χ1v) is 10.3. The first kappa shape index (κ1) is 21.1. The predicted octanol–water partition coefficient (Wildman–Crippen LogP) is 5.83. The third-order valence-electron chi connectivity index (χ3n) is 4.32. The molecule has 0 N–H and O–H groups in total. The van der Waals surface area contributed by atoms with Crippen molar-refractivity contribution >= 4 is 33.3 Å². The van der Waals surface area contributed by atoms with Gasteiger partial charge in [0, 0.05) is 6.20 Å². The molecule has 2 aromatic carbocycles. The van der Waals surface area contributed by atoms with Gasteiger partial charge < -0.3 is 9.47 Å². The maximum Gasteiger partial charge on any atom is 0.185 e. The van der Waals surface area contributed by atoms with Crippen LogP contribution in [0.15, 0.2) is 54.7 Å². The SMILES string of the molecule is N#Cc1c(F)ccc(OC(COCc2ccccc2)c2nc3cc(Cl)cnc3s2)c1F. The minimum absolute atomic E-state index is 0.0428. The van der Waals surface area contributed by atoms with Gasteiger partial charge in [-0.15, -0.1) is 0 Å². The van der Waals surface area contributed by atoms with E-state index in [1.807, 2.05) is 30.3 Å². The molecule has 0 aliphatic carbocycles. The van der Waals surface area contributed by atoms with Gasteiger partial charge in [-0.2, -0.15) is 5.26 Å². The van der Waals surface area contributed by atoms with Crippen molar-refractivity contribution in [3.8, 4) is 11.8 Å². The monoisotopic (exact) mass is 457 g/mol. The average Bonchev–Trinajstić information content (AvgIpc) is 3.19. The largest absolute Gasteiger partial charge is 0.478 e. The Labute approximate surface area is 185 Å². The molecule has 1 unspecified atom stereocenters. The first-order valence-electron chi connectivity index (χ1n) is 9.13. The van der Waals surface area contributed by atoms with Crippen molar-refractivity contribution in [1.29, 1.82) is 5.26 Å². The van der Waals surface area contributed by atoms with Crippen LogP contribution >= 0.6 is 22.9 Å². The number of hydrogen-bond donors (Lipinski definition) is 0. The van der Waals surface area contributed by atoms with Crippen molar-refractivity contribution in [2.75, 3.05) is 6.61 Å². The number of hydrogen-bond acceptors (Lipinski definition) is 6. The molecule has 1 atom stereocenters. The lowest BCUT2D eigenvalue weighted by Crippen LogP contribution is -2.16. The van der Waals surface area contributed by atoms with E-state index < -0.39 is 23.3 Å². The summed E-state index contributed by atoms with van der Waals surface area (Å²) in [5, 5.41) is 9.94. The molecule has 0 radical (unpaired) electrons. The third-order valence-corrected chi connectivity index (χ3v) is 5.60. The Morgan fingerprint density at radius 3 is 2.74 bits per heavy atom. The highest BCUT2D eigenvalue weighted by atomic mass is 35.5. The summed E-state index contributed by atoms with van der Waals surface area (Å²) in [5.41, 5.74) is 0.819. The number of nitriles is 1. The molecule has 0 fully saturated rings. The lowest BCUT2D eigenvalue weighted by atomic mass is 10.2. The Morgan fingerprint density at radius 1 is 1.16 bits per heavy atom. The molecule has 0 saturated carbocycles. The van der Waals surface area contributed by atoms with Crippen LogP contribution in [-0.2, 0) is 11.3 Å². The van der Waals surface area contributed by atoms with E-state index in [4.69, 9.17) is 26.3 Å². The van der Waals surface area contributed by atoms with Gasteiger partial charge in [0.2, 0.25) is 0 Å². The van der Waals surface area contributed by atoms with Gasteiger partial charge in [0.15, 0.2) is 17.7 Å². The number of thiazole rings is 1. The molecule has 4 aromatic rings. The molecule has 9 heteroatoms. The molecular formula is C22H14ClF2N3O2S. The molecule has 5 nitrogen and oxygen atoms in total. The van der Waals surface area contributed by atoms with Crippen LogP contribution in [0.5, 0.6) is 5.75 Å². The summed E-state index contributed by atoms with van der Waals surface area (Å²) in [5.74, 6) is -2.29. The molecule has 31 heavy (non-hydrogen) atoms. The lowest BCUT2D eigenvalue weighted by molar-refractivity contribution is 0.0386. The Kier molecular flexibility index (Phi) is 6.37. The number of benzene rings is 2. The quantitative estimate of drug-likeness (QED) is 0.349. The fourth-order valence-electron chi connectivity index (χ4n) is 2.85. The van der Waals surface area contributed by atoms with Gasteiger partial charge in [-0.1, -0.05) is 53.3 Å². The smallest absolute Gasteiger partial charge is 0.185 e. The average molecular weight is 458 g/mol. The standard InChI is InChI=1S/C22H14ClF2N3O2S/c23-14-8-17-21(27-10-14)31-22(28-17)19(12-29-11-13-4-2-1-3-5-13)30-18-7-6-16(24)15(9-26)20(18)25/h1-8,10,19H,11-12H2. The fourth-order valence-corrected chi connectivity index (χ4v) is 3.90. The minimum atomic E-state index is -1.07. The topological polar surface area (TPSA) is 68.0 Å². The normalized spacial score (nSPS) is 11.9. The molecule has 0 aliphatic rings. The Bertz CT molecular complexity index is 1260. The van der Waals surface area contributed by atoms with E-state index in [9.17, 15) is 8.78 Å². The molecular weight excluding hydrogens is 444 g/mol. The first-order chi connectivity index (χ1) is 15.0. The summed E-state index contributed by atoms with van der Waals surface area (Å²) in [7, 11) is 0. The van der Waals surface area contributed by atoms with Crippen molar-refractivity contribution in [2.24, 2.45) is 0 Å². The van der Waals surface area contributed by atoms with Gasteiger partial charge in [-0.3, -0.25) is 0 Å². The van der Waals surface area contributed by atoms with Crippen LogP contribution in [0.1, 0.15) is 22.2 Å². The molecule has 156 valence electrons. The molecule has 2 aromatic heterocycles. The van der Waals surface area contributed by atoms with Crippen LogP contribution < -0.4 is 4.74 Å². The molecule has 0 bridgehead atoms. The van der Waals surface area contributed by atoms with Gasteiger partial charge in [-0.05, 0) is 23.8 Å². The number of ether oxygens (including phenoxy) is 2. The Balaban J connectivity index is 1.62. The molecule has 0 amide bonds. The summed E-state index contributed by atoms with van der Waals surface area (Å²) in [4.78, 5) is 9.36. The van der Waals surface area contributed by atoms with E-state index >= 15 is 0 Å². The maximum absolute atomic E-state index is 14.6. The van der Waals surface area contributed by atoms with E-state index in [0.717, 1.165) is 17.7 Å². The minimum Gasteiger partial charge on any atom is -0.478 e. The number of aromatic nitrogens is 2. The van der Waals surface area contributed by atoms with Crippen LogP contribution in [0.25, 0.3) is 10.3 Å². The van der Waals surface area contributed by atoms with Crippen LogP contribution in [0.2, 0.25) is 5.02 Å².